The van der Waals surface area contributed by atoms with Crippen molar-refractivity contribution in [3.8, 4) is 0 Å². The van der Waals surface area contributed by atoms with Gasteiger partial charge in [0.1, 0.15) is 13.9 Å². The molecule has 1 atom stereocenters. The molecular weight excluding hydrogens is 332 g/mol. The Bertz CT molecular complexity index is 544. The van der Waals surface area contributed by atoms with Gasteiger partial charge in [0.2, 0.25) is 5.91 Å². The number of likely N-dealkylation sites (N-methyl/N-ethyl adjacent to an activating group) is 1. The molecule has 2 heterocycles. The van der Waals surface area contributed by atoms with E-state index in [-0.39, 0.29) is 11.8 Å². The average Bonchev–Trinajstić information content (AvgIpc) is 2.85. The van der Waals surface area contributed by atoms with E-state index >= 15 is 0 Å². The number of thioether (sulfide) groups is 2. The van der Waals surface area contributed by atoms with Gasteiger partial charge < -0.3 is 0 Å². The summed E-state index contributed by atoms with van der Waals surface area (Å²) in [5.74, 6) is -0.143. The molecule has 0 aromatic heterocycles. The van der Waals surface area contributed by atoms with Crippen LogP contribution in [0.15, 0.2) is 10.5 Å². The zero-order valence-corrected chi connectivity index (χ0v) is 14.6. The predicted molar refractivity (Wildman–Crippen MR) is 91.6 cm³/mol. The van der Waals surface area contributed by atoms with E-state index in [0.29, 0.717) is 26.6 Å². The molecule has 2 amide bonds. The Morgan fingerprint density at radius 3 is 2.20 bits per heavy atom. The summed E-state index contributed by atoms with van der Waals surface area (Å²) in [7, 11) is 0. The lowest BCUT2D eigenvalue weighted by Gasteiger charge is -2.13. The quantitative estimate of drug-likeness (QED) is 0.577. The lowest BCUT2D eigenvalue weighted by atomic mass is 10.1. The maximum absolute atomic E-state index is 12.3. The molecular formula is C12H14N2O2S4. The predicted octanol–water partition coefficient (Wildman–Crippen LogP) is 2.39. The molecule has 2 aliphatic rings. The SMILES string of the molecule is CCN1C(=O)/C(=C(/C)C2SC(=S)N(CC)C2=O)SC1=S. The van der Waals surface area contributed by atoms with Gasteiger partial charge >= 0.3 is 0 Å². The molecule has 2 rings (SSSR count). The van der Waals surface area contributed by atoms with Gasteiger partial charge in [-0.2, -0.15) is 0 Å². The molecule has 2 saturated heterocycles. The maximum Gasteiger partial charge on any atom is 0.266 e. The van der Waals surface area contributed by atoms with Crippen molar-refractivity contribution in [1.29, 1.82) is 0 Å². The molecule has 2 aliphatic heterocycles. The summed E-state index contributed by atoms with van der Waals surface area (Å²) >= 11 is 13.0. The molecule has 0 aromatic carbocycles. The van der Waals surface area contributed by atoms with Crippen LogP contribution in [0.3, 0.4) is 0 Å². The molecule has 4 nitrogen and oxygen atoms in total. The van der Waals surface area contributed by atoms with Gasteiger partial charge in [-0.1, -0.05) is 48.0 Å². The molecule has 8 heteroatoms. The van der Waals surface area contributed by atoms with Crippen molar-refractivity contribution in [2.75, 3.05) is 13.1 Å². The number of rotatable bonds is 3. The Morgan fingerprint density at radius 1 is 1.15 bits per heavy atom. The zero-order chi connectivity index (χ0) is 15.0. The summed E-state index contributed by atoms with van der Waals surface area (Å²) in [6.45, 7) is 6.70. The number of hydrogen-bond acceptors (Lipinski definition) is 6. The number of thiocarbonyl (C=S) groups is 2. The Kier molecular flexibility index (Phi) is 4.88. The summed E-state index contributed by atoms with van der Waals surface area (Å²) in [6.07, 6.45) is 0. The number of hydrogen-bond donors (Lipinski definition) is 0. The van der Waals surface area contributed by atoms with Crippen LogP contribution in [0.2, 0.25) is 0 Å². The highest BCUT2D eigenvalue weighted by Gasteiger charge is 2.41. The topological polar surface area (TPSA) is 40.6 Å². The van der Waals surface area contributed by atoms with E-state index in [1.807, 2.05) is 20.8 Å². The molecule has 108 valence electrons. The Balaban J connectivity index is 2.32. The van der Waals surface area contributed by atoms with Gasteiger partial charge in [0.05, 0.1) is 4.91 Å². The lowest BCUT2D eigenvalue weighted by Crippen LogP contribution is -2.32. The summed E-state index contributed by atoms with van der Waals surface area (Å²) in [4.78, 5) is 28.3. The Labute approximate surface area is 137 Å². The highest BCUT2D eigenvalue weighted by atomic mass is 32.2. The van der Waals surface area contributed by atoms with Gasteiger partial charge in [-0.3, -0.25) is 19.4 Å². The highest BCUT2D eigenvalue weighted by molar-refractivity contribution is 8.27. The normalized spacial score (nSPS) is 26.1. The standard InChI is InChI=1S/C12H14N2O2S4/c1-4-13-9(15)7(19-11(13)17)6(3)8-10(16)14(5-2)12(18)20-8/h7H,4-5H2,1-3H3/b8-6+. The van der Waals surface area contributed by atoms with Crippen LogP contribution < -0.4 is 0 Å². The van der Waals surface area contributed by atoms with Crippen LogP contribution in [0.5, 0.6) is 0 Å². The molecule has 0 saturated carbocycles. The van der Waals surface area contributed by atoms with Crippen LogP contribution in [-0.4, -0.2) is 48.6 Å². The van der Waals surface area contributed by atoms with Crippen LogP contribution in [-0.2, 0) is 9.59 Å². The van der Waals surface area contributed by atoms with Gasteiger partial charge in [0.25, 0.3) is 5.91 Å². The van der Waals surface area contributed by atoms with Crippen molar-refractivity contribution in [2.45, 2.75) is 26.0 Å². The second kappa shape index (κ2) is 6.13. The van der Waals surface area contributed by atoms with Crippen LogP contribution >= 0.6 is 48.0 Å². The molecule has 0 radical (unpaired) electrons. The van der Waals surface area contributed by atoms with Crippen LogP contribution in [0.1, 0.15) is 20.8 Å². The first-order chi connectivity index (χ1) is 9.42. The fourth-order valence-electron chi connectivity index (χ4n) is 2.04. The number of carbonyl (C=O) groups is 2. The van der Waals surface area contributed by atoms with E-state index in [0.717, 1.165) is 5.57 Å². The summed E-state index contributed by atoms with van der Waals surface area (Å²) in [6, 6.07) is 0. The molecule has 0 N–H and O–H groups in total. The molecule has 20 heavy (non-hydrogen) atoms. The van der Waals surface area contributed by atoms with E-state index in [1.54, 1.807) is 9.80 Å². The molecule has 0 spiro atoms. The first-order valence-corrected chi connectivity index (χ1v) is 8.70. The minimum absolute atomic E-state index is 0.0400. The third kappa shape index (κ3) is 2.54. The second-order valence-electron chi connectivity index (χ2n) is 4.28. The minimum Gasteiger partial charge on any atom is -0.297 e. The Morgan fingerprint density at radius 2 is 1.75 bits per heavy atom. The largest absolute Gasteiger partial charge is 0.297 e. The van der Waals surface area contributed by atoms with Gasteiger partial charge in [0.15, 0.2) is 0 Å². The highest BCUT2D eigenvalue weighted by Crippen LogP contribution is 2.39. The van der Waals surface area contributed by atoms with Crippen LogP contribution in [0, 0.1) is 0 Å². The summed E-state index contributed by atoms with van der Waals surface area (Å²) < 4.78 is 1.13. The monoisotopic (exact) mass is 346 g/mol. The number of carbonyl (C=O) groups excluding carboxylic acids is 2. The average molecular weight is 347 g/mol. The Hall–Kier alpha value is -0.440. The van der Waals surface area contributed by atoms with Crippen molar-refractivity contribution in [3.05, 3.63) is 10.5 Å². The van der Waals surface area contributed by atoms with Crippen molar-refractivity contribution in [3.63, 3.8) is 0 Å². The second-order valence-corrected chi connectivity index (χ2v) is 7.66. The van der Waals surface area contributed by atoms with Crippen molar-refractivity contribution in [2.24, 2.45) is 0 Å². The first kappa shape index (κ1) is 15.9. The smallest absolute Gasteiger partial charge is 0.266 e. The number of amides is 2. The fourth-order valence-corrected chi connectivity index (χ4v) is 5.13. The maximum atomic E-state index is 12.3. The van der Waals surface area contributed by atoms with Gasteiger partial charge in [-0.15, -0.1) is 0 Å². The van der Waals surface area contributed by atoms with E-state index in [4.69, 9.17) is 24.4 Å². The molecule has 1 unspecified atom stereocenters. The third-order valence-corrected chi connectivity index (χ3v) is 6.45. The lowest BCUT2D eigenvalue weighted by molar-refractivity contribution is -0.125. The van der Waals surface area contributed by atoms with Gasteiger partial charge in [0, 0.05) is 13.1 Å². The van der Waals surface area contributed by atoms with E-state index < -0.39 is 5.25 Å². The first-order valence-electron chi connectivity index (χ1n) is 6.18. The summed E-state index contributed by atoms with van der Waals surface area (Å²) in [5, 5.41) is -0.395. The minimum atomic E-state index is -0.395. The van der Waals surface area contributed by atoms with E-state index in [1.165, 1.54) is 23.5 Å². The van der Waals surface area contributed by atoms with Gasteiger partial charge in [-0.05, 0) is 26.3 Å². The molecule has 0 bridgehead atoms. The third-order valence-electron chi connectivity index (χ3n) is 3.16. The van der Waals surface area contributed by atoms with E-state index in [2.05, 4.69) is 0 Å². The van der Waals surface area contributed by atoms with Crippen molar-refractivity contribution < 1.29 is 9.59 Å². The number of nitrogens with zero attached hydrogens (tertiary/aromatic N) is 2. The van der Waals surface area contributed by atoms with E-state index in [9.17, 15) is 9.59 Å². The van der Waals surface area contributed by atoms with Crippen LogP contribution in [0.25, 0.3) is 0 Å². The van der Waals surface area contributed by atoms with Crippen LogP contribution in [0.4, 0.5) is 0 Å². The fraction of sp³-hybridized carbons (Fsp3) is 0.500. The van der Waals surface area contributed by atoms with Crippen molar-refractivity contribution in [1.82, 2.24) is 9.80 Å². The molecule has 0 aliphatic carbocycles. The zero-order valence-electron chi connectivity index (χ0n) is 11.3. The van der Waals surface area contributed by atoms with Crippen molar-refractivity contribution >= 4 is 68.4 Å². The molecule has 2 fully saturated rings. The molecule has 0 aromatic rings. The van der Waals surface area contributed by atoms with Gasteiger partial charge in [-0.25, -0.2) is 0 Å². The summed E-state index contributed by atoms with van der Waals surface area (Å²) in [5.41, 5.74) is 0.756.